The van der Waals surface area contributed by atoms with E-state index >= 15 is 0 Å². The molecule has 1 aliphatic rings. The van der Waals surface area contributed by atoms with Crippen LogP contribution in [0.4, 0.5) is 0 Å². The lowest BCUT2D eigenvalue weighted by atomic mass is 10.00. The molecule has 2 atom stereocenters. The van der Waals surface area contributed by atoms with Crippen LogP contribution in [0.25, 0.3) is 5.65 Å². The first kappa shape index (κ1) is 13.8. The lowest BCUT2D eigenvalue weighted by molar-refractivity contribution is -0.123. The number of nitrogens with zero attached hydrogens (tertiary/aromatic N) is 3. The molecule has 0 aromatic carbocycles. The molecule has 7 nitrogen and oxygen atoms in total. The largest absolute Gasteiger partial charge is 0.350 e. The molecule has 0 aliphatic carbocycles. The van der Waals surface area contributed by atoms with Gasteiger partial charge >= 0.3 is 5.69 Å². The van der Waals surface area contributed by atoms with Crippen molar-refractivity contribution < 1.29 is 4.79 Å². The van der Waals surface area contributed by atoms with Crippen LogP contribution in [0.5, 0.6) is 0 Å². The summed E-state index contributed by atoms with van der Waals surface area (Å²) in [5.41, 5.74) is 0.249. The SMILES string of the molecule is CC1NCCCC1NC(=O)Cn1nc2ccccn2c1=O. The molecular formula is C14H19N5O2. The van der Waals surface area contributed by atoms with E-state index in [1.54, 1.807) is 18.3 Å². The standard InChI is InChI=1S/C14H19N5O2/c1-10-11(5-4-7-15-10)16-13(20)9-19-14(21)18-8-3-2-6-12(18)17-19/h2-3,6,8,10-11,15H,4-5,7,9H2,1H3,(H,16,20). The monoisotopic (exact) mass is 289 g/mol. The normalized spacial score (nSPS) is 22.3. The van der Waals surface area contributed by atoms with E-state index in [9.17, 15) is 9.59 Å². The smallest absolute Gasteiger partial charge is 0.350 e. The van der Waals surface area contributed by atoms with Crippen molar-refractivity contribution >= 4 is 11.6 Å². The number of carbonyl (C=O) groups excluding carboxylic acids is 1. The van der Waals surface area contributed by atoms with Gasteiger partial charge in [-0.15, -0.1) is 5.10 Å². The Morgan fingerprint density at radius 1 is 1.52 bits per heavy atom. The Morgan fingerprint density at radius 3 is 3.14 bits per heavy atom. The summed E-state index contributed by atoms with van der Waals surface area (Å²) in [6.07, 6.45) is 3.65. The Balaban J connectivity index is 1.71. The van der Waals surface area contributed by atoms with Gasteiger partial charge in [-0.05, 0) is 38.4 Å². The van der Waals surface area contributed by atoms with Crippen LogP contribution in [0, 0.1) is 0 Å². The van der Waals surface area contributed by atoms with E-state index in [2.05, 4.69) is 22.7 Å². The van der Waals surface area contributed by atoms with Gasteiger partial charge in [-0.1, -0.05) is 6.07 Å². The zero-order valence-electron chi connectivity index (χ0n) is 12.0. The predicted octanol–water partition coefficient (Wildman–Crippen LogP) is -0.247. The molecular weight excluding hydrogens is 270 g/mol. The second-order valence-corrected chi connectivity index (χ2v) is 5.43. The van der Waals surface area contributed by atoms with Gasteiger partial charge in [0, 0.05) is 18.3 Å². The van der Waals surface area contributed by atoms with E-state index in [-0.39, 0.29) is 30.2 Å². The number of rotatable bonds is 3. The van der Waals surface area contributed by atoms with Gasteiger partial charge < -0.3 is 10.6 Å². The van der Waals surface area contributed by atoms with Crippen molar-refractivity contribution in [2.24, 2.45) is 0 Å². The van der Waals surface area contributed by atoms with E-state index < -0.39 is 0 Å². The molecule has 1 amide bonds. The number of nitrogens with one attached hydrogen (secondary N) is 2. The average molecular weight is 289 g/mol. The van der Waals surface area contributed by atoms with Gasteiger partial charge in [0.15, 0.2) is 5.65 Å². The Labute approximate surface area is 122 Å². The Bertz CT molecular complexity index is 705. The van der Waals surface area contributed by atoms with Crippen molar-refractivity contribution in [3.05, 3.63) is 34.9 Å². The second-order valence-electron chi connectivity index (χ2n) is 5.43. The summed E-state index contributed by atoms with van der Waals surface area (Å²) in [5, 5.41) is 10.5. The summed E-state index contributed by atoms with van der Waals surface area (Å²) in [6.45, 7) is 2.99. The molecule has 2 aromatic rings. The Morgan fingerprint density at radius 2 is 2.38 bits per heavy atom. The van der Waals surface area contributed by atoms with Crippen molar-refractivity contribution in [2.75, 3.05) is 6.54 Å². The van der Waals surface area contributed by atoms with Crippen molar-refractivity contribution in [3.8, 4) is 0 Å². The van der Waals surface area contributed by atoms with Gasteiger partial charge in [-0.2, -0.15) is 0 Å². The maximum Gasteiger partial charge on any atom is 0.350 e. The Hall–Kier alpha value is -2.15. The van der Waals surface area contributed by atoms with E-state index in [1.165, 1.54) is 9.08 Å². The number of fused-ring (bicyclic) bond motifs is 1. The van der Waals surface area contributed by atoms with Crippen LogP contribution in [0.1, 0.15) is 19.8 Å². The van der Waals surface area contributed by atoms with Gasteiger partial charge in [0.1, 0.15) is 6.54 Å². The quantitative estimate of drug-likeness (QED) is 0.817. The fraction of sp³-hybridized carbons (Fsp3) is 0.500. The van der Waals surface area contributed by atoms with Crippen LogP contribution in [0.15, 0.2) is 29.2 Å². The van der Waals surface area contributed by atoms with Crippen LogP contribution < -0.4 is 16.3 Å². The number of hydrogen-bond acceptors (Lipinski definition) is 4. The number of pyridine rings is 1. The van der Waals surface area contributed by atoms with Crippen molar-refractivity contribution in [2.45, 2.75) is 38.4 Å². The zero-order chi connectivity index (χ0) is 14.8. The molecule has 112 valence electrons. The van der Waals surface area contributed by atoms with E-state index in [0.717, 1.165) is 19.4 Å². The summed E-state index contributed by atoms with van der Waals surface area (Å²) in [5.74, 6) is -0.180. The maximum atomic E-state index is 12.1. The Kier molecular flexibility index (Phi) is 3.74. The molecule has 21 heavy (non-hydrogen) atoms. The first-order valence-corrected chi connectivity index (χ1v) is 7.22. The highest BCUT2D eigenvalue weighted by molar-refractivity contribution is 5.76. The van der Waals surface area contributed by atoms with Crippen LogP contribution in [-0.4, -0.2) is 38.7 Å². The third kappa shape index (κ3) is 2.82. The molecule has 3 rings (SSSR count). The summed E-state index contributed by atoms with van der Waals surface area (Å²) in [4.78, 5) is 24.2. The van der Waals surface area contributed by atoms with E-state index in [4.69, 9.17) is 0 Å². The van der Waals surface area contributed by atoms with Gasteiger partial charge in [-0.3, -0.25) is 9.20 Å². The molecule has 2 unspecified atom stereocenters. The highest BCUT2D eigenvalue weighted by Crippen LogP contribution is 2.07. The van der Waals surface area contributed by atoms with Gasteiger partial charge in [0.2, 0.25) is 5.91 Å². The maximum absolute atomic E-state index is 12.1. The summed E-state index contributed by atoms with van der Waals surface area (Å²) in [6, 6.07) is 5.67. The minimum Gasteiger partial charge on any atom is -0.350 e. The third-order valence-electron chi connectivity index (χ3n) is 3.89. The van der Waals surface area contributed by atoms with Gasteiger partial charge in [0.05, 0.1) is 0 Å². The molecule has 7 heteroatoms. The molecule has 0 saturated carbocycles. The fourth-order valence-corrected chi connectivity index (χ4v) is 2.70. The number of piperidine rings is 1. The highest BCUT2D eigenvalue weighted by Gasteiger charge is 2.22. The lowest BCUT2D eigenvalue weighted by Crippen LogP contribution is -2.52. The molecule has 0 radical (unpaired) electrons. The first-order valence-electron chi connectivity index (χ1n) is 7.22. The van der Waals surface area contributed by atoms with Crippen LogP contribution in [0.2, 0.25) is 0 Å². The van der Waals surface area contributed by atoms with Crippen LogP contribution in [-0.2, 0) is 11.3 Å². The van der Waals surface area contributed by atoms with Gasteiger partial charge in [0.25, 0.3) is 0 Å². The predicted molar refractivity (Wildman–Crippen MR) is 78.1 cm³/mol. The topological polar surface area (TPSA) is 80.4 Å². The minimum atomic E-state index is -0.296. The molecule has 1 aliphatic heterocycles. The first-order chi connectivity index (χ1) is 10.1. The van der Waals surface area contributed by atoms with E-state index in [1.807, 2.05) is 6.07 Å². The fourth-order valence-electron chi connectivity index (χ4n) is 2.70. The number of aromatic nitrogens is 3. The second kappa shape index (κ2) is 5.69. The molecule has 0 bridgehead atoms. The molecule has 3 heterocycles. The van der Waals surface area contributed by atoms with Crippen molar-refractivity contribution in [3.63, 3.8) is 0 Å². The summed E-state index contributed by atoms with van der Waals surface area (Å²) in [7, 11) is 0. The van der Waals surface area contributed by atoms with Crippen LogP contribution >= 0.6 is 0 Å². The average Bonchev–Trinajstić information content (AvgIpc) is 2.78. The summed E-state index contributed by atoms with van der Waals surface area (Å²) < 4.78 is 2.63. The molecule has 0 spiro atoms. The van der Waals surface area contributed by atoms with Crippen molar-refractivity contribution in [1.29, 1.82) is 0 Å². The van der Waals surface area contributed by atoms with Crippen molar-refractivity contribution in [1.82, 2.24) is 24.8 Å². The van der Waals surface area contributed by atoms with E-state index in [0.29, 0.717) is 5.65 Å². The summed E-state index contributed by atoms with van der Waals surface area (Å²) >= 11 is 0. The molecule has 1 fully saturated rings. The zero-order valence-corrected chi connectivity index (χ0v) is 12.0. The number of carbonyl (C=O) groups is 1. The minimum absolute atomic E-state index is 0.0519. The lowest BCUT2D eigenvalue weighted by Gasteiger charge is -2.30. The van der Waals surface area contributed by atoms with Gasteiger partial charge in [-0.25, -0.2) is 9.48 Å². The highest BCUT2D eigenvalue weighted by atomic mass is 16.2. The third-order valence-corrected chi connectivity index (χ3v) is 3.89. The van der Waals surface area contributed by atoms with Crippen LogP contribution in [0.3, 0.4) is 0 Å². The molecule has 1 saturated heterocycles. The number of hydrogen-bond donors (Lipinski definition) is 2. The molecule has 2 N–H and O–H groups in total. The molecule has 2 aromatic heterocycles. The number of amides is 1.